The highest BCUT2D eigenvalue weighted by Gasteiger charge is 2.10. The number of carbonyl (C=O) groups is 5. The quantitative estimate of drug-likeness (QED) is 0.155. The molecule has 11 heteroatoms. The van der Waals surface area contributed by atoms with Gasteiger partial charge in [0.05, 0.1) is 13.0 Å². The molecule has 5 N–H and O–H groups in total. The molecule has 1 aromatic carbocycles. The molecule has 0 saturated carbocycles. The average Bonchev–Trinajstić information content (AvgIpc) is 2.83. The van der Waals surface area contributed by atoms with E-state index in [-0.39, 0.29) is 50.1 Å². The Morgan fingerprint density at radius 3 is 2.11 bits per heavy atom. The Bertz CT molecular complexity index is 828. The molecule has 0 unspecified atom stereocenters. The average molecular weight is 492 g/mol. The first-order chi connectivity index (χ1) is 16.8. The summed E-state index contributed by atoms with van der Waals surface area (Å²) in [5.41, 5.74) is 1.26. The lowest BCUT2D eigenvalue weighted by Crippen LogP contribution is -2.31. The number of benzene rings is 1. The molecule has 0 aliphatic rings. The highest BCUT2D eigenvalue weighted by molar-refractivity contribution is 6.03. The molecule has 0 heterocycles. The van der Waals surface area contributed by atoms with Crippen LogP contribution in [-0.4, -0.2) is 69.4 Å². The summed E-state index contributed by atoms with van der Waals surface area (Å²) in [7, 11) is 1.54. The van der Waals surface area contributed by atoms with E-state index < -0.39 is 11.8 Å². The maximum atomic E-state index is 12.1. The molecule has 1 aromatic rings. The van der Waals surface area contributed by atoms with Crippen LogP contribution in [0.1, 0.15) is 44.6 Å². The summed E-state index contributed by atoms with van der Waals surface area (Å²) in [6.07, 6.45) is 1.95. The number of amides is 5. The zero-order valence-electron chi connectivity index (χ0n) is 20.5. The molecule has 0 fully saturated rings. The highest BCUT2D eigenvalue weighted by atomic mass is 16.5. The van der Waals surface area contributed by atoms with Gasteiger partial charge in [-0.05, 0) is 30.5 Å². The van der Waals surface area contributed by atoms with Crippen molar-refractivity contribution in [2.24, 2.45) is 0 Å². The Hall–Kier alpha value is -3.47. The molecule has 0 aliphatic carbocycles. The van der Waals surface area contributed by atoms with Gasteiger partial charge in [-0.15, -0.1) is 0 Å². The zero-order chi connectivity index (χ0) is 25.9. The molecule has 194 valence electrons. The van der Waals surface area contributed by atoms with Crippen LogP contribution in [0.5, 0.6) is 0 Å². The molecule has 0 aromatic heterocycles. The minimum atomic E-state index is -0.457. The van der Waals surface area contributed by atoms with Crippen LogP contribution in [0.25, 0.3) is 0 Å². The predicted molar refractivity (Wildman–Crippen MR) is 131 cm³/mol. The topological polar surface area (TPSA) is 155 Å². The van der Waals surface area contributed by atoms with E-state index in [1.807, 2.05) is 6.92 Å². The van der Waals surface area contributed by atoms with Crippen molar-refractivity contribution in [1.29, 1.82) is 0 Å². The van der Waals surface area contributed by atoms with E-state index >= 15 is 0 Å². The third kappa shape index (κ3) is 15.1. The van der Waals surface area contributed by atoms with Gasteiger partial charge in [-0.2, -0.15) is 0 Å². The van der Waals surface area contributed by atoms with E-state index in [0.29, 0.717) is 38.3 Å². The number of anilines is 1. The molecular formula is C24H37N5O6. The minimum absolute atomic E-state index is 0.00408. The molecule has 0 radical (unpaired) electrons. The minimum Gasteiger partial charge on any atom is -0.380 e. The van der Waals surface area contributed by atoms with Crippen LogP contribution in [0, 0.1) is 0 Å². The smallest absolute Gasteiger partial charge is 0.233 e. The van der Waals surface area contributed by atoms with Crippen molar-refractivity contribution >= 4 is 35.2 Å². The van der Waals surface area contributed by atoms with Crippen molar-refractivity contribution in [1.82, 2.24) is 21.3 Å². The summed E-state index contributed by atoms with van der Waals surface area (Å²) in [6, 6.07) is 6.72. The molecule has 0 saturated heterocycles. The molecule has 0 spiro atoms. The summed E-state index contributed by atoms with van der Waals surface area (Å²) in [5.74, 6) is -1.22. The van der Waals surface area contributed by atoms with Gasteiger partial charge in [0.25, 0.3) is 0 Å². The highest BCUT2D eigenvalue weighted by Crippen LogP contribution is 2.10. The van der Waals surface area contributed by atoms with Crippen LogP contribution >= 0.6 is 0 Å². The van der Waals surface area contributed by atoms with Crippen LogP contribution < -0.4 is 26.6 Å². The van der Waals surface area contributed by atoms with Gasteiger partial charge in [0.1, 0.15) is 6.42 Å². The van der Waals surface area contributed by atoms with Crippen LogP contribution in [0.15, 0.2) is 24.3 Å². The second-order valence-electron chi connectivity index (χ2n) is 7.79. The lowest BCUT2D eigenvalue weighted by atomic mass is 10.1. The summed E-state index contributed by atoms with van der Waals surface area (Å²) in [5, 5.41) is 13.2. The number of ether oxygens (including phenoxy) is 1. The van der Waals surface area contributed by atoms with Crippen molar-refractivity contribution in [3.05, 3.63) is 29.8 Å². The first-order valence-electron chi connectivity index (χ1n) is 11.8. The standard InChI is InChI=1S/C24H37N5O6/c1-3-11-26-21(31)5-4-14-35-15-13-28-23(33)17-24(34)29-19-8-6-18(7-9-19)16-22(32)27-12-10-20(30)25-2/h6-9H,3-5,10-17H2,1-2H3,(H,25,30)(H,26,31)(H,27,32)(H,28,33)(H,29,34). The Morgan fingerprint density at radius 1 is 0.743 bits per heavy atom. The number of rotatable bonds is 17. The second-order valence-corrected chi connectivity index (χ2v) is 7.79. The van der Waals surface area contributed by atoms with Crippen LogP contribution in [0.2, 0.25) is 0 Å². The molecular weight excluding hydrogens is 454 g/mol. The summed E-state index contributed by atoms with van der Waals surface area (Å²) >= 11 is 0. The lowest BCUT2D eigenvalue weighted by molar-refractivity contribution is -0.127. The van der Waals surface area contributed by atoms with Gasteiger partial charge >= 0.3 is 0 Å². The van der Waals surface area contributed by atoms with Gasteiger partial charge in [0.2, 0.25) is 29.5 Å². The molecule has 5 amide bonds. The normalized spacial score (nSPS) is 10.2. The van der Waals surface area contributed by atoms with E-state index in [2.05, 4.69) is 26.6 Å². The Kier molecular flexibility index (Phi) is 15.1. The SMILES string of the molecule is CCCNC(=O)CCCOCCNC(=O)CC(=O)Nc1ccc(CC(=O)NCCC(=O)NC)cc1. The molecule has 11 nitrogen and oxygen atoms in total. The molecule has 0 bridgehead atoms. The third-order valence-electron chi connectivity index (χ3n) is 4.71. The van der Waals surface area contributed by atoms with E-state index in [9.17, 15) is 24.0 Å². The van der Waals surface area contributed by atoms with Crippen LogP contribution in [-0.2, 0) is 35.1 Å². The van der Waals surface area contributed by atoms with Crippen molar-refractivity contribution < 1.29 is 28.7 Å². The van der Waals surface area contributed by atoms with Crippen LogP contribution in [0.4, 0.5) is 5.69 Å². The van der Waals surface area contributed by atoms with Gasteiger partial charge in [-0.25, -0.2) is 0 Å². The lowest BCUT2D eigenvalue weighted by Gasteiger charge is -2.09. The van der Waals surface area contributed by atoms with Gasteiger partial charge in [-0.1, -0.05) is 19.1 Å². The fourth-order valence-corrected chi connectivity index (χ4v) is 2.86. The fourth-order valence-electron chi connectivity index (χ4n) is 2.86. The summed E-state index contributed by atoms with van der Waals surface area (Å²) < 4.78 is 5.37. The van der Waals surface area contributed by atoms with E-state index in [1.54, 1.807) is 24.3 Å². The maximum Gasteiger partial charge on any atom is 0.233 e. The number of hydrogen-bond donors (Lipinski definition) is 5. The van der Waals surface area contributed by atoms with Crippen molar-refractivity contribution in [3.63, 3.8) is 0 Å². The van der Waals surface area contributed by atoms with Gasteiger partial charge in [0, 0.05) is 51.8 Å². The first kappa shape index (κ1) is 29.6. The molecule has 0 aliphatic heterocycles. The summed E-state index contributed by atoms with van der Waals surface area (Å²) in [4.78, 5) is 58.5. The van der Waals surface area contributed by atoms with Gasteiger partial charge in [-0.3, -0.25) is 24.0 Å². The summed E-state index contributed by atoms with van der Waals surface area (Å²) in [6.45, 7) is 3.91. The van der Waals surface area contributed by atoms with E-state index in [4.69, 9.17) is 4.74 Å². The van der Waals surface area contributed by atoms with Crippen molar-refractivity contribution in [3.8, 4) is 0 Å². The predicted octanol–water partition coefficient (Wildman–Crippen LogP) is 0.249. The Labute approximate surface area is 206 Å². The first-order valence-corrected chi connectivity index (χ1v) is 11.8. The Balaban J connectivity index is 2.17. The Morgan fingerprint density at radius 2 is 1.43 bits per heavy atom. The van der Waals surface area contributed by atoms with Gasteiger partial charge < -0.3 is 31.3 Å². The van der Waals surface area contributed by atoms with E-state index in [0.717, 1.165) is 12.0 Å². The maximum absolute atomic E-state index is 12.1. The number of hydrogen-bond acceptors (Lipinski definition) is 6. The molecule has 35 heavy (non-hydrogen) atoms. The van der Waals surface area contributed by atoms with Crippen LogP contribution in [0.3, 0.4) is 0 Å². The monoisotopic (exact) mass is 491 g/mol. The van der Waals surface area contributed by atoms with Gasteiger partial charge in [0.15, 0.2) is 0 Å². The van der Waals surface area contributed by atoms with Crippen molar-refractivity contribution in [2.45, 2.75) is 45.4 Å². The molecule has 1 rings (SSSR count). The third-order valence-corrected chi connectivity index (χ3v) is 4.71. The number of nitrogens with one attached hydrogen (secondary N) is 5. The second kappa shape index (κ2) is 17.9. The largest absolute Gasteiger partial charge is 0.380 e. The zero-order valence-corrected chi connectivity index (χ0v) is 20.5. The fraction of sp³-hybridized carbons (Fsp3) is 0.542. The number of carbonyl (C=O) groups excluding carboxylic acids is 5. The van der Waals surface area contributed by atoms with E-state index in [1.165, 1.54) is 7.05 Å². The van der Waals surface area contributed by atoms with Crippen molar-refractivity contribution in [2.75, 3.05) is 45.2 Å². The molecule has 0 atom stereocenters.